The lowest BCUT2D eigenvalue weighted by molar-refractivity contribution is 0.117. The monoisotopic (exact) mass is 219 g/mol. The van der Waals surface area contributed by atoms with Crippen LogP contribution in [0, 0.1) is 17.1 Å². The van der Waals surface area contributed by atoms with Crippen molar-refractivity contribution < 1.29 is 9.13 Å². The van der Waals surface area contributed by atoms with E-state index in [0.29, 0.717) is 12.2 Å². The molecule has 0 amide bonds. The van der Waals surface area contributed by atoms with Crippen LogP contribution in [0.25, 0.3) is 0 Å². The predicted molar refractivity (Wildman–Crippen MR) is 60.2 cm³/mol. The van der Waals surface area contributed by atoms with E-state index in [1.807, 2.05) is 6.08 Å². The van der Waals surface area contributed by atoms with E-state index in [9.17, 15) is 4.39 Å². The number of allylic oxidation sites excluding steroid dienone is 1. The van der Waals surface area contributed by atoms with E-state index in [2.05, 4.69) is 6.58 Å². The van der Waals surface area contributed by atoms with Crippen molar-refractivity contribution in [2.45, 2.75) is 19.4 Å². The van der Waals surface area contributed by atoms with E-state index < -0.39 is 5.82 Å². The molecule has 0 bridgehead atoms. The first kappa shape index (κ1) is 12.4. The average Bonchev–Trinajstić information content (AvgIpc) is 2.31. The SMILES string of the molecule is C=CCCCOCc1cccc(C#N)c1F. The molecule has 0 radical (unpaired) electrons. The van der Waals surface area contributed by atoms with Crippen molar-refractivity contribution in [3.63, 3.8) is 0 Å². The first-order valence-corrected chi connectivity index (χ1v) is 5.15. The summed E-state index contributed by atoms with van der Waals surface area (Å²) in [6.45, 7) is 4.38. The predicted octanol–water partition coefficient (Wildman–Crippen LogP) is 3.18. The van der Waals surface area contributed by atoms with E-state index >= 15 is 0 Å². The summed E-state index contributed by atoms with van der Waals surface area (Å²) in [6, 6.07) is 6.54. The van der Waals surface area contributed by atoms with Gasteiger partial charge >= 0.3 is 0 Å². The van der Waals surface area contributed by atoms with Crippen molar-refractivity contribution in [1.82, 2.24) is 0 Å². The molecule has 2 nitrogen and oxygen atoms in total. The van der Waals surface area contributed by atoms with Crippen LogP contribution in [0.2, 0.25) is 0 Å². The highest BCUT2D eigenvalue weighted by molar-refractivity contribution is 5.34. The fourth-order valence-corrected chi connectivity index (χ4v) is 1.29. The third-order valence-electron chi connectivity index (χ3n) is 2.15. The zero-order valence-corrected chi connectivity index (χ0v) is 9.08. The second kappa shape index (κ2) is 6.76. The third kappa shape index (κ3) is 3.48. The quantitative estimate of drug-likeness (QED) is 0.543. The van der Waals surface area contributed by atoms with Crippen molar-refractivity contribution in [3.8, 4) is 6.07 Å². The standard InChI is InChI=1S/C13H14FNO/c1-2-3-4-8-16-10-12-7-5-6-11(9-15)13(12)14/h2,5-7H,1,3-4,8,10H2. The summed E-state index contributed by atoms with van der Waals surface area (Å²) in [6.07, 6.45) is 3.59. The lowest BCUT2D eigenvalue weighted by Crippen LogP contribution is -1.99. The van der Waals surface area contributed by atoms with Gasteiger partial charge in [0.1, 0.15) is 11.9 Å². The molecule has 0 heterocycles. The fourth-order valence-electron chi connectivity index (χ4n) is 1.29. The normalized spacial score (nSPS) is 9.75. The molecule has 0 spiro atoms. The molecule has 1 rings (SSSR count). The lowest BCUT2D eigenvalue weighted by atomic mass is 10.1. The molecule has 1 aromatic rings. The van der Waals surface area contributed by atoms with E-state index in [1.54, 1.807) is 18.2 Å². The molecule has 0 aliphatic rings. The van der Waals surface area contributed by atoms with Gasteiger partial charge in [0.05, 0.1) is 12.2 Å². The van der Waals surface area contributed by atoms with Gasteiger partial charge in [0.2, 0.25) is 0 Å². The zero-order valence-electron chi connectivity index (χ0n) is 9.08. The van der Waals surface area contributed by atoms with Gasteiger partial charge in [0.25, 0.3) is 0 Å². The summed E-state index contributed by atoms with van der Waals surface area (Å²) in [5.74, 6) is -0.478. The Bertz CT molecular complexity index is 395. The van der Waals surface area contributed by atoms with Crippen LogP contribution in [0.4, 0.5) is 4.39 Å². The van der Waals surface area contributed by atoms with Gasteiger partial charge in [-0.2, -0.15) is 5.26 Å². The summed E-state index contributed by atoms with van der Waals surface area (Å²) in [7, 11) is 0. The Kier molecular flexibility index (Phi) is 5.24. The van der Waals surface area contributed by atoms with Gasteiger partial charge in [-0.3, -0.25) is 0 Å². The van der Waals surface area contributed by atoms with Gasteiger partial charge in [-0.1, -0.05) is 18.2 Å². The first-order valence-electron chi connectivity index (χ1n) is 5.15. The summed E-state index contributed by atoms with van der Waals surface area (Å²) in [5, 5.41) is 8.64. The molecule has 1 aromatic carbocycles. The van der Waals surface area contributed by atoms with Crippen molar-refractivity contribution in [3.05, 3.63) is 47.8 Å². The maximum absolute atomic E-state index is 13.5. The average molecular weight is 219 g/mol. The van der Waals surface area contributed by atoms with Crippen molar-refractivity contribution in [2.24, 2.45) is 0 Å². The highest BCUT2D eigenvalue weighted by Gasteiger charge is 2.06. The zero-order chi connectivity index (χ0) is 11.8. The largest absolute Gasteiger partial charge is 0.377 e. The minimum atomic E-state index is -0.478. The number of ether oxygens (including phenoxy) is 1. The van der Waals surface area contributed by atoms with E-state index in [-0.39, 0.29) is 12.2 Å². The number of rotatable bonds is 6. The van der Waals surface area contributed by atoms with Crippen LogP contribution in [0.3, 0.4) is 0 Å². The van der Waals surface area contributed by atoms with Gasteiger partial charge in [-0.25, -0.2) is 4.39 Å². The molecule has 16 heavy (non-hydrogen) atoms. The smallest absolute Gasteiger partial charge is 0.146 e. The Morgan fingerprint density at radius 2 is 2.31 bits per heavy atom. The fraction of sp³-hybridized carbons (Fsp3) is 0.308. The Labute approximate surface area is 95.0 Å². The van der Waals surface area contributed by atoms with Crippen LogP contribution in [0.5, 0.6) is 0 Å². The molecule has 0 aliphatic heterocycles. The van der Waals surface area contributed by atoms with Gasteiger partial charge in [-0.15, -0.1) is 6.58 Å². The molecular weight excluding hydrogens is 205 g/mol. The van der Waals surface area contributed by atoms with Crippen LogP contribution in [0.15, 0.2) is 30.9 Å². The Balaban J connectivity index is 2.48. The molecule has 0 unspecified atom stereocenters. The number of hydrogen-bond donors (Lipinski definition) is 0. The molecule has 0 fully saturated rings. The van der Waals surface area contributed by atoms with Gasteiger partial charge < -0.3 is 4.74 Å². The molecule has 84 valence electrons. The molecule has 0 atom stereocenters. The minimum Gasteiger partial charge on any atom is -0.377 e. The van der Waals surface area contributed by atoms with E-state index in [1.165, 1.54) is 6.07 Å². The molecule has 0 aliphatic carbocycles. The Morgan fingerprint density at radius 3 is 3.00 bits per heavy atom. The summed E-state index contributed by atoms with van der Waals surface area (Å²) in [5.41, 5.74) is 0.491. The van der Waals surface area contributed by atoms with Gasteiger partial charge in [0, 0.05) is 12.2 Å². The second-order valence-electron chi connectivity index (χ2n) is 3.37. The second-order valence-corrected chi connectivity index (χ2v) is 3.37. The first-order chi connectivity index (χ1) is 7.79. The lowest BCUT2D eigenvalue weighted by Gasteiger charge is -2.05. The number of benzene rings is 1. The van der Waals surface area contributed by atoms with Gasteiger partial charge in [0.15, 0.2) is 0 Å². The molecular formula is C13H14FNO. The highest BCUT2D eigenvalue weighted by atomic mass is 19.1. The van der Waals surface area contributed by atoms with Gasteiger partial charge in [-0.05, 0) is 18.9 Å². The maximum Gasteiger partial charge on any atom is 0.146 e. The molecule has 0 saturated heterocycles. The van der Waals surface area contributed by atoms with E-state index in [0.717, 1.165) is 12.8 Å². The van der Waals surface area contributed by atoms with E-state index in [4.69, 9.17) is 10.00 Å². The number of unbranched alkanes of at least 4 members (excludes halogenated alkanes) is 1. The van der Waals surface area contributed by atoms with Crippen LogP contribution in [-0.2, 0) is 11.3 Å². The van der Waals surface area contributed by atoms with Crippen molar-refractivity contribution in [2.75, 3.05) is 6.61 Å². The summed E-state index contributed by atoms with van der Waals surface area (Å²) < 4.78 is 18.8. The molecule has 0 N–H and O–H groups in total. The number of halogens is 1. The summed E-state index contributed by atoms with van der Waals surface area (Å²) >= 11 is 0. The molecule has 0 saturated carbocycles. The third-order valence-corrected chi connectivity index (χ3v) is 2.15. The summed E-state index contributed by atoms with van der Waals surface area (Å²) in [4.78, 5) is 0. The van der Waals surface area contributed by atoms with Crippen LogP contribution < -0.4 is 0 Å². The Morgan fingerprint density at radius 1 is 1.50 bits per heavy atom. The van der Waals surface area contributed by atoms with Crippen molar-refractivity contribution >= 4 is 0 Å². The maximum atomic E-state index is 13.5. The van der Waals surface area contributed by atoms with Crippen molar-refractivity contribution in [1.29, 1.82) is 5.26 Å². The molecule has 0 aromatic heterocycles. The number of nitriles is 1. The topological polar surface area (TPSA) is 33.0 Å². The number of nitrogens with zero attached hydrogens (tertiary/aromatic N) is 1. The van der Waals surface area contributed by atoms with Crippen LogP contribution >= 0.6 is 0 Å². The van der Waals surface area contributed by atoms with Crippen LogP contribution in [-0.4, -0.2) is 6.61 Å². The highest BCUT2D eigenvalue weighted by Crippen LogP contribution is 2.13. The number of hydrogen-bond acceptors (Lipinski definition) is 2. The Hall–Kier alpha value is -1.66. The van der Waals surface area contributed by atoms with Crippen LogP contribution in [0.1, 0.15) is 24.0 Å². The minimum absolute atomic E-state index is 0.0622. The molecule has 3 heteroatoms.